The minimum atomic E-state index is 0.807. The summed E-state index contributed by atoms with van der Waals surface area (Å²) >= 11 is 3.92. The lowest BCUT2D eigenvalue weighted by atomic mass is 9.75. The van der Waals surface area contributed by atoms with Crippen molar-refractivity contribution in [1.29, 1.82) is 0 Å². The summed E-state index contributed by atoms with van der Waals surface area (Å²) in [5.41, 5.74) is 0. The molecular weight excluding hydrogens is 260 g/mol. The monoisotopic (exact) mass is 288 g/mol. The van der Waals surface area contributed by atoms with Crippen molar-refractivity contribution < 1.29 is 0 Å². The highest BCUT2D eigenvalue weighted by Crippen LogP contribution is 2.39. The molecule has 0 aliphatic heterocycles. The van der Waals surface area contributed by atoms with Crippen LogP contribution in [0.3, 0.4) is 0 Å². The molecule has 0 N–H and O–H groups in total. The number of halogens is 1. The van der Waals surface area contributed by atoms with Crippen molar-refractivity contribution in [3.8, 4) is 0 Å². The molecule has 0 amide bonds. The number of hydrogen-bond donors (Lipinski definition) is 0. The molecule has 0 nitrogen and oxygen atoms in total. The normalized spacial score (nSPS) is 30.9. The topological polar surface area (TPSA) is 0 Å². The van der Waals surface area contributed by atoms with Crippen LogP contribution in [0, 0.1) is 17.8 Å². The summed E-state index contributed by atoms with van der Waals surface area (Å²) < 4.78 is 0. The fourth-order valence-electron chi connectivity index (χ4n) is 3.29. The van der Waals surface area contributed by atoms with Crippen molar-refractivity contribution in [1.82, 2.24) is 0 Å². The van der Waals surface area contributed by atoms with Gasteiger partial charge in [0, 0.05) is 4.83 Å². The van der Waals surface area contributed by atoms with E-state index in [9.17, 15) is 0 Å². The molecule has 0 saturated heterocycles. The van der Waals surface area contributed by atoms with Gasteiger partial charge in [0.15, 0.2) is 0 Å². The quantitative estimate of drug-likeness (QED) is 0.543. The first-order valence-corrected chi connectivity index (χ1v) is 8.26. The SMILES string of the molecule is CCCC1CCC(Br)C(CC(CC)CC)C1. The first-order chi connectivity index (χ1) is 7.71. The Morgan fingerprint density at radius 1 is 1.12 bits per heavy atom. The van der Waals surface area contributed by atoms with E-state index in [0.29, 0.717) is 0 Å². The molecule has 3 unspecified atom stereocenters. The summed E-state index contributed by atoms with van der Waals surface area (Å²) in [6.07, 6.45) is 11.4. The minimum Gasteiger partial charge on any atom is -0.0888 e. The van der Waals surface area contributed by atoms with Crippen molar-refractivity contribution in [3.05, 3.63) is 0 Å². The number of hydrogen-bond acceptors (Lipinski definition) is 0. The number of rotatable bonds is 6. The maximum Gasteiger partial charge on any atom is 0.0174 e. The summed E-state index contributed by atoms with van der Waals surface area (Å²) in [6, 6.07) is 0. The van der Waals surface area contributed by atoms with Gasteiger partial charge in [0.1, 0.15) is 0 Å². The van der Waals surface area contributed by atoms with Gasteiger partial charge in [-0.1, -0.05) is 62.4 Å². The van der Waals surface area contributed by atoms with Gasteiger partial charge in [0.05, 0.1) is 0 Å². The van der Waals surface area contributed by atoms with Crippen LogP contribution in [-0.2, 0) is 0 Å². The lowest BCUT2D eigenvalue weighted by molar-refractivity contribution is 0.223. The van der Waals surface area contributed by atoms with Crippen LogP contribution in [-0.4, -0.2) is 4.83 Å². The zero-order valence-corrected chi connectivity index (χ0v) is 12.9. The smallest absolute Gasteiger partial charge is 0.0174 e. The lowest BCUT2D eigenvalue weighted by Gasteiger charge is -2.35. The van der Waals surface area contributed by atoms with Crippen LogP contribution in [0.2, 0.25) is 0 Å². The van der Waals surface area contributed by atoms with Crippen LogP contribution in [0.15, 0.2) is 0 Å². The third-order valence-corrected chi connectivity index (χ3v) is 5.69. The van der Waals surface area contributed by atoms with E-state index in [0.717, 1.165) is 22.6 Å². The van der Waals surface area contributed by atoms with Crippen LogP contribution in [0.1, 0.15) is 72.1 Å². The molecule has 0 radical (unpaired) electrons. The average molecular weight is 289 g/mol. The Hall–Kier alpha value is 0.480. The summed E-state index contributed by atoms with van der Waals surface area (Å²) in [4.78, 5) is 0.807. The second-order valence-electron chi connectivity index (χ2n) is 5.66. The summed E-state index contributed by atoms with van der Waals surface area (Å²) in [7, 11) is 0. The molecule has 1 rings (SSSR count). The van der Waals surface area contributed by atoms with Crippen LogP contribution in [0.4, 0.5) is 0 Å². The molecule has 0 spiro atoms. The molecule has 1 saturated carbocycles. The number of alkyl halides is 1. The standard InChI is InChI=1S/C15H29Br/c1-4-7-13-8-9-15(16)14(11-13)10-12(5-2)6-3/h12-15H,4-11H2,1-3H3. The molecule has 3 atom stereocenters. The van der Waals surface area contributed by atoms with Crippen molar-refractivity contribution in [2.45, 2.75) is 77.0 Å². The van der Waals surface area contributed by atoms with Gasteiger partial charge in [-0.15, -0.1) is 0 Å². The lowest BCUT2D eigenvalue weighted by Crippen LogP contribution is -2.27. The van der Waals surface area contributed by atoms with E-state index in [4.69, 9.17) is 0 Å². The second kappa shape index (κ2) is 7.74. The van der Waals surface area contributed by atoms with E-state index in [1.54, 1.807) is 0 Å². The molecule has 1 aliphatic carbocycles. The van der Waals surface area contributed by atoms with E-state index >= 15 is 0 Å². The van der Waals surface area contributed by atoms with E-state index in [1.165, 1.54) is 51.4 Å². The van der Waals surface area contributed by atoms with Gasteiger partial charge in [0.25, 0.3) is 0 Å². The zero-order valence-electron chi connectivity index (χ0n) is 11.3. The van der Waals surface area contributed by atoms with E-state index < -0.39 is 0 Å². The highest BCUT2D eigenvalue weighted by molar-refractivity contribution is 9.09. The van der Waals surface area contributed by atoms with Crippen LogP contribution in [0.5, 0.6) is 0 Å². The van der Waals surface area contributed by atoms with Crippen molar-refractivity contribution in [2.24, 2.45) is 17.8 Å². The van der Waals surface area contributed by atoms with E-state index in [-0.39, 0.29) is 0 Å². The molecule has 0 heterocycles. The average Bonchev–Trinajstić information content (AvgIpc) is 2.30. The predicted octanol–water partition coefficient (Wildman–Crippen LogP) is 5.79. The highest BCUT2D eigenvalue weighted by Gasteiger charge is 2.29. The van der Waals surface area contributed by atoms with E-state index in [2.05, 4.69) is 36.7 Å². The summed E-state index contributed by atoms with van der Waals surface area (Å²) in [5, 5.41) is 0. The Morgan fingerprint density at radius 2 is 1.81 bits per heavy atom. The van der Waals surface area contributed by atoms with Crippen molar-refractivity contribution in [2.75, 3.05) is 0 Å². The first-order valence-electron chi connectivity index (χ1n) is 7.35. The minimum absolute atomic E-state index is 0.807. The molecule has 0 aromatic rings. The van der Waals surface area contributed by atoms with Gasteiger partial charge in [-0.25, -0.2) is 0 Å². The fourth-order valence-corrected chi connectivity index (χ4v) is 3.98. The van der Waals surface area contributed by atoms with Crippen LogP contribution in [0.25, 0.3) is 0 Å². The molecule has 0 aromatic carbocycles. The van der Waals surface area contributed by atoms with Crippen LogP contribution < -0.4 is 0 Å². The van der Waals surface area contributed by atoms with E-state index in [1.807, 2.05) is 0 Å². The van der Waals surface area contributed by atoms with Gasteiger partial charge in [-0.2, -0.15) is 0 Å². The summed E-state index contributed by atoms with van der Waals surface area (Å²) in [6.45, 7) is 7.03. The Morgan fingerprint density at radius 3 is 2.38 bits per heavy atom. The first kappa shape index (κ1) is 14.5. The maximum atomic E-state index is 3.92. The Balaban J connectivity index is 2.42. The predicted molar refractivity (Wildman–Crippen MR) is 77.1 cm³/mol. The third-order valence-electron chi connectivity index (χ3n) is 4.49. The Labute approximate surface area is 111 Å². The Kier molecular flexibility index (Phi) is 7.03. The fraction of sp³-hybridized carbons (Fsp3) is 1.00. The molecule has 1 aliphatic rings. The third kappa shape index (κ3) is 4.39. The van der Waals surface area contributed by atoms with Gasteiger partial charge in [-0.3, -0.25) is 0 Å². The molecule has 0 aromatic heterocycles. The largest absolute Gasteiger partial charge is 0.0888 e. The maximum absolute atomic E-state index is 3.92. The molecule has 96 valence electrons. The van der Waals surface area contributed by atoms with Gasteiger partial charge in [-0.05, 0) is 43.4 Å². The van der Waals surface area contributed by atoms with Gasteiger partial charge < -0.3 is 0 Å². The Bertz CT molecular complexity index is 174. The molecule has 0 bridgehead atoms. The molecular formula is C15H29Br. The van der Waals surface area contributed by atoms with Gasteiger partial charge >= 0.3 is 0 Å². The van der Waals surface area contributed by atoms with Crippen molar-refractivity contribution in [3.63, 3.8) is 0 Å². The van der Waals surface area contributed by atoms with Crippen molar-refractivity contribution >= 4 is 15.9 Å². The molecule has 16 heavy (non-hydrogen) atoms. The highest BCUT2D eigenvalue weighted by atomic mass is 79.9. The second-order valence-corrected chi connectivity index (χ2v) is 6.84. The molecule has 1 fully saturated rings. The van der Waals surface area contributed by atoms with Crippen LogP contribution >= 0.6 is 15.9 Å². The zero-order chi connectivity index (χ0) is 12.0. The molecule has 1 heteroatoms. The van der Waals surface area contributed by atoms with Gasteiger partial charge in [0.2, 0.25) is 0 Å². The summed E-state index contributed by atoms with van der Waals surface area (Å²) in [5.74, 6) is 2.94.